The second-order valence-electron chi connectivity index (χ2n) is 5.94. The summed E-state index contributed by atoms with van der Waals surface area (Å²) in [6, 6.07) is 3.94. The van der Waals surface area contributed by atoms with Crippen molar-refractivity contribution in [3.63, 3.8) is 0 Å². The van der Waals surface area contributed by atoms with Crippen molar-refractivity contribution in [1.29, 1.82) is 0 Å². The molecule has 0 aromatic heterocycles. The molecule has 3 rings (SSSR count). The maximum absolute atomic E-state index is 12.4. The first-order valence-corrected chi connectivity index (χ1v) is 9.06. The van der Waals surface area contributed by atoms with E-state index in [1.807, 2.05) is 18.2 Å². The molecule has 0 aliphatic carbocycles. The van der Waals surface area contributed by atoms with Crippen LogP contribution >= 0.6 is 11.8 Å². The molecule has 1 amide bonds. The van der Waals surface area contributed by atoms with E-state index in [1.54, 1.807) is 33.2 Å². The zero-order valence-corrected chi connectivity index (χ0v) is 15.9. The van der Waals surface area contributed by atoms with Gasteiger partial charge in [-0.05, 0) is 36.7 Å². The highest BCUT2D eigenvalue weighted by Crippen LogP contribution is 2.40. The minimum atomic E-state index is -0.0600. The van der Waals surface area contributed by atoms with Crippen LogP contribution in [0.15, 0.2) is 22.0 Å². The van der Waals surface area contributed by atoms with Gasteiger partial charge in [-0.15, -0.1) is 0 Å². The average Bonchev–Trinajstić information content (AvgIpc) is 3.25. The summed E-state index contributed by atoms with van der Waals surface area (Å²) in [7, 11) is 6.73. The van der Waals surface area contributed by atoms with Crippen molar-refractivity contribution in [2.45, 2.75) is 12.8 Å². The molecular weight excluding hydrogens is 338 g/mol. The molecule has 0 radical (unpaired) electrons. The average molecular weight is 361 g/mol. The van der Waals surface area contributed by atoms with E-state index in [9.17, 15) is 4.79 Å². The fourth-order valence-electron chi connectivity index (χ4n) is 3.11. The molecule has 1 aromatic rings. The van der Waals surface area contributed by atoms with E-state index in [1.165, 1.54) is 24.6 Å². The lowest BCUT2D eigenvalue weighted by molar-refractivity contribution is -0.121. The van der Waals surface area contributed by atoms with Crippen molar-refractivity contribution in [3.05, 3.63) is 22.6 Å². The Kier molecular flexibility index (Phi) is 5.22. The number of hydrogen-bond donors (Lipinski definition) is 0. The van der Waals surface area contributed by atoms with Crippen molar-refractivity contribution in [3.8, 4) is 11.5 Å². The summed E-state index contributed by atoms with van der Waals surface area (Å²) in [6.07, 6.45) is 4.22. The van der Waals surface area contributed by atoms with Crippen LogP contribution in [0, 0.1) is 0 Å². The molecule has 134 valence electrons. The fourth-order valence-corrected chi connectivity index (χ4v) is 4.03. The molecule has 1 aromatic carbocycles. The fraction of sp³-hybridized carbons (Fsp3) is 0.444. The molecular formula is C18H23N3O3S. The molecule has 6 nitrogen and oxygen atoms in total. The zero-order chi connectivity index (χ0) is 18.0. The Hall–Kier alpha value is -2.15. The number of thioether (sulfide) groups is 1. The predicted molar refractivity (Wildman–Crippen MR) is 103 cm³/mol. The number of amides is 1. The summed E-state index contributed by atoms with van der Waals surface area (Å²) >= 11 is 1.36. The van der Waals surface area contributed by atoms with Gasteiger partial charge >= 0.3 is 0 Å². The second-order valence-corrected chi connectivity index (χ2v) is 6.95. The Balaban J connectivity index is 2.01. The molecule has 0 saturated carbocycles. The first kappa shape index (κ1) is 17.7. The summed E-state index contributed by atoms with van der Waals surface area (Å²) in [4.78, 5) is 21.0. The van der Waals surface area contributed by atoms with Gasteiger partial charge in [0, 0.05) is 38.8 Å². The number of nitrogens with zero attached hydrogens (tertiary/aromatic N) is 3. The molecule has 25 heavy (non-hydrogen) atoms. The third-order valence-electron chi connectivity index (χ3n) is 4.46. The first-order chi connectivity index (χ1) is 12.1. The van der Waals surface area contributed by atoms with Crippen molar-refractivity contribution in [1.82, 2.24) is 4.90 Å². The number of aliphatic imine (C=N–C) groups is 1. The van der Waals surface area contributed by atoms with E-state index >= 15 is 0 Å². The monoisotopic (exact) mass is 361 g/mol. The number of amidine groups is 1. The predicted octanol–water partition coefficient (Wildman–Crippen LogP) is 2.84. The molecule has 2 aliphatic rings. The summed E-state index contributed by atoms with van der Waals surface area (Å²) in [5.74, 6) is 1.46. The minimum Gasteiger partial charge on any atom is -0.496 e. The zero-order valence-electron chi connectivity index (χ0n) is 15.0. The van der Waals surface area contributed by atoms with Gasteiger partial charge in [-0.25, -0.2) is 0 Å². The van der Waals surface area contributed by atoms with Crippen LogP contribution in [0.25, 0.3) is 6.08 Å². The highest BCUT2D eigenvalue weighted by molar-refractivity contribution is 8.18. The van der Waals surface area contributed by atoms with Gasteiger partial charge < -0.3 is 14.4 Å². The largest absolute Gasteiger partial charge is 0.496 e. The summed E-state index contributed by atoms with van der Waals surface area (Å²) in [5.41, 5.74) is 1.86. The Morgan fingerprint density at radius 2 is 1.84 bits per heavy atom. The van der Waals surface area contributed by atoms with E-state index in [0.717, 1.165) is 35.8 Å². The first-order valence-electron chi connectivity index (χ1n) is 8.24. The molecule has 7 heteroatoms. The summed E-state index contributed by atoms with van der Waals surface area (Å²) in [5, 5.41) is 0.691. The molecule has 2 aliphatic heterocycles. The smallest absolute Gasteiger partial charge is 0.266 e. The topological polar surface area (TPSA) is 54.4 Å². The maximum Gasteiger partial charge on any atom is 0.266 e. The van der Waals surface area contributed by atoms with Crippen molar-refractivity contribution >= 4 is 34.6 Å². The second kappa shape index (κ2) is 7.39. The molecule has 0 spiro atoms. The van der Waals surface area contributed by atoms with E-state index in [4.69, 9.17) is 9.47 Å². The van der Waals surface area contributed by atoms with Crippen LogP contribution < -0.4 is 14.4 Å². The minimum absolute atomic E-state index is 0.0600. The van der Waals surface area contributed by atoms with Crippen LogP contribution in [0.3, 0.4) is 0 Å². The van der Waals surface area contributed by atoms with Gasteiger partial charge in [-0.1, -0.05) is 0 Å². The highest BCUT2D eigenvalue weighted by atomic mass is 32.2. The highest BCUT2D eigenvalue weighted by Gasteiger charge is 2.30. The van der Waals surface area contributed by atoms with Gasteiger partial charge in [0.05, 0.1) is 24.8 Å². The third-order valence-corrected chi connectivity index (χ3v) is 5.61. The van der Waals surface area contributed by atoms with E-state index in [2.05, 4.69) is 9.89 Å². The molecule has 0 unspecified atom stereocenters. The molecule has 0 bridgehead atoms. The Bertz CT molecular complexity index is 739. The van der Waals surface area contributed by atoms with Crippen molar-refractivity contribution < 1.29 is 14.3 Å². The summed E-state index contributed by atoms with van der Waals surface area (Å²) in [6.45, 7) is 2.05. The Morgan fingerprint density at radius 3 is 2.40 bits per heavy atom. The van der Waals surface area contributed by atoms with Crippen LogP contribution in [-0.4, -0.2) is 57.4 Å². The van der Waals surface area contributed by atoms with Gasteiger partial charge in [0.15, 0.2) is 5.17 Å². The number of ether oxygens (including phenoxy) is 2. The number of anilines is 1. The molecule has 0 N–H and O–H groups in total. The van der Waals surface area contributed by atoms with Crippen LogP contribution in [0.2, 0.25) is 0 Å². The van der Waals surface area contributed by atoms with E-state index in [0.29, 0.717) is 10.1 Å². The lowest BCUT2D eigenvalue weighted by Gasteiger charge is -2.22. The van der Waals surface area contributed by atoms with Gasteiger partial charge in [0.2, 0.25) is 0 Å². The number of hydrogen-bond acceptors (Lipinski definition) is 6. The molecule has 0 atom stereocenters. The number of rotatable bonds is 4. The van der Waals surface area contributed by atoms with Crippen LogP contribution in [-0.2, 0) is 4.79 Å². The van der Waals surface area contributed by atoms with Gasteiger partial charge in [-0.2, -0.15) is 0 Å². The normalized spacial score (nSPS) is 20.9. The van der Waals surface area contributed by atoms with Crippen molar-refractivity contribution in [2.75, 3.05) is 46.3 Å². The number of carbonyl (C=O) groups is 1. The standard InChI is InChI=1S/C18H23N3O3S/c1-19-18-20(2)17(22)16(25-18)10-12-9-15(24-4)13(11-14(12)23-3)21-7-5-6-8-21/h9-11H,5-8H2,1-4H3/b16-10-,19-18?. The Labute approximate surface area is 152 Å². The quantitative estimate of drug-likeness (QED) is 0.772. The Morgan fingerprint density at radius 1 is 1.16 bits per heavy atom. The number of likely N-dealkylation sites (N-methyl/N-ethyl adjacent to an activating group) is 1. The molecule has 2 fully saturated rings. The van der Waals surface area contributed by atoms with Gasteiger partial charge in [0.25, 0.3) is 5.91 Å². The van der Waals surface area contributed by atoms with Crippen LogP contribution in [0.1, 0.15) is 18.4 Å². The van der Waals surface area contributed by atoms with Crippen LogP contribution in [0.4, 0.5) is 5.69 Å². The van der Waals surface area contributed by atoms with Crippen molar-refractivity contribution in [2.24, 2.45) is 4.99 Å². The molecule has 2 heterocycles. The third kappa shape index (κ3) is 3.33. The maximum atomic E-state index is 12.4. The number of carbonyl (C=O) groups excluding carboxylic acids is 1. The lowest BCUT2D eigenvalue weighted by atomic mass is 10.1. The lowest BCUT2D eigenvalue weighted by Crippen LogP contribution is -2.23. The number of benzene rings is 1. The number of methoxy groups -OCH3 is 2. The van der Waals surface area contributed by atoms with Crippen LogP contribution in [0.5, 0.6) is 11.5 Å². The van der Waals surface area contributed by atoms with E-state index < -0.39 is 0 Å². The van der Waals surface area contributed by atoms with E-state index in [-0.39, 0.29) is 5.91 Å². The van der Waals surface area contributed by atoms with Gasteiger partial charge in [-0.3, -0.25) is 14.7 Å². The SMILES string of the molecule is CN=C1S/C(=C\c2cc(OC)c(N3CCCC3)cc2OC)C(=O)N1C. The summed E-state index contributed by atoms with van der Waals surface area (Å²) < 4.78 is 11.2. The molecule has 2 saturated heterocycles. The van der Waals surface area contributed by atoms with Gasteiger partial charge in [0.1, 0.15) is 11.5 Å².